The number of carbonyl (C=O) groups excluding carboxylic acids is 1. The standard InChI is InChI=1S/C29H59NO4.C2H7N.C2H6.CH4OS/c1-3-5-7-15-20-24-28(34-29(33)30-26-31)25-21-17-14-12-10-9-11-13-16-19-23-27(32)22-18-8-6-4-2;1-3-2;1-2;1-3-2/h26-29,32-33H,3-25H2,1-2H3,(H,30,31);3H,1-2H3;1-2H3;2H,1H3. The fourth-order valence-corrected chi connectivity index (χ4v) is 4.65. The molecule has 5 N–H and O–H groups in total. The minimum atomic E-state index is -1.19. The molecule has 0 fully saturated rings. The van der Waals surface area contributed by atoms with E-state index in [0.717, 1.165) is 50.6 Å². The van der Waals surface area contributed by atoms with Gasteiger partial charge in [0.1, 0.15) is 0 Å². The van der Waals surface area contributed by atoms with Gasteiger partial charge in [0, 0.05) is 6.26 Å². The van der Waals surface area contributed by atoms with Gasteiger partial charge in [-0.1, -0.05) is 150 Å². The summed E-state index contributed by atoms with van der Waals surface area (Å²) in [6.07, 6.45) is 28.5. The fraction of sp³-hybridized carbons (Fsp3) is 0.971. The Balaban J connectivity index is -0.000000808. The van der Waals surface area contributed by atoms with E-state index in [1.807, 2.05) is 27.9 Å². The molecule has 0 aliphatic carbocycles. The summed E-state index contributed by atoms with van der Waals surface area (Å²) in [4.78, 5) is 10.5. The Morgan fingerprint density at radius 2 is 0.929 bits per heavy atom. The minimum absolute atomic E-state index is 0.0268. The Labute approximate surface area is 267 Å². The number of aliphatic hydroxyl groups is 2. The molecular formula is C34H76N2O5S. The lowest BCUT2D eigenvalue weighted by Gasteiger charge is -2.21. The van der Waals surface area contributed by atoms with Gasteiger partial charge >= 0.3 is 0 Å². The van der Waals surface area contributed by atoms with E-state index in [0.29, 0.717) is 6.41 Å². The van der Waals surface area contributed by atoms with Crippen LogP contribution in [-0.2, 0) is 9.53 Å². The van der Waals surface area contributed by atoms with Crippen LogP contribution in [0.3, 0.4) is 0 Å². The van der Waals surface area contributed by atoms with Crippen molar-refractivity contribution in [2.45, 2.75) is 194 Å². The summed E-state index contributed by atoms with van der Waals surface area (Å²) in [6, 6.07) is 0. The molecule has 0 saturated heterocycles. The van der Waals surface area contributed by atoms with Gasteiger partial charge < -0.3 is 30.1 Å². The maximum Gasteiger partial charge on any atom is 0.237 e. The Morgan fingerprint density at radius 1 is 0.643 bits per heavy atom. The number of hydrogen-bond acceptors (Lipinski definition) is 7. The largest absolute Gasteiger partial charge is 0.393 e. The molecule has 3 atom stereocenters. The van der Waals surface area contributed by atoms with Gasteiger partial charge in [-0.3, -0.25) is 4.79 Å². The van der Waals surface area contributed by atoms with Crippen molar-refractivity contribution in [3.8, 4) is 0 Å². The summed E-state index contributed by atoms with van der Waals surface area (Å²) >= 11 is 0.750. The van der Waals surface area contributed by atoms with Crippen LogP contribution in [0, 0.1) is 0 Å². The van der Waals surface area contributed by atoms with Gasteiger partial charge in [0.25, 0.3) is 0 Å². The van der Waals surface area contributed by atoms with Crippen molar-refractivity contribution in [3.63, 3.8) is 0 Å². The molecule has 42 heavy (non-hydrogen) atoms. The molecule has 0 aliphatic heterocycles. The van der Waals surface area contributed by atoms with Crippen LogP contribution in [0.15, 0.2) is 0 Å². The van der Waals surface area contributed by atoms with E-state index in [1.54, 1.807) is 6.26 Å². The topological polar surface area (TPSA) is 111 Å². The van der Waals surface area contributed by atoms with Crippen LogP contribution in [0.4, 0.5) is 0 Å². The zero-order valence-corrected chi connectivity index (χ0v) is 30.0. The SMILES string of the molecule is CC.CCCCCCCC(CCCCCCCCCCCCC(O)CCCCCC)OC(O)NC=O.CNC.CSO. The first-order valence-electron chi connectivity index (χ1n) is 17.4. The Morgan fingerprint density at radius 3 is 1.26 bits per heavy atom. The summed E-state index contributed by atoms with van der Waals surface area (Å²) in [7, 11) is 3.75. The summed E-state index contributed by atoms with van der Waals surface area (Å²) in [6.45, 7) is 8.45. The summed E-state index contributed by atoms with van der Waals surface area (Å²) in [5, 5.41) is 24.8. The fourth-order valence-electron chi connectivity index (χ4n) is 4.65. The second-order valence-electron chi connectivity index (χ2n) is 10.9. The maximum atomic E-state index is 10.5. The smallest absolute Gasteiger partial charge is 0.237 e. The highest BCUT2D eigenvalue weighted by molar-refractivity contribution is 7.93. The lowest BCUT2D eigenvalue weighted by molar-refractivity contribution is -0.161. The summed E-state index contributed by atoms with van der Waals surface area (Å²) in [5.74, 6) is 0. The molecule has 0 aromatic heterocycles. The maximum absolute atomic E-state index is 10.5. The molecule has 0 rings (SSSR count). The number of rotatable bonds is 28. The van der Waals surface area contributed by atoms with Crippen LogP contribution < -0.4 is 10.6 Å². The third-order valence-corrected chi connectivity index (χ3v) is 6.87. The Hall–Kier alpha value is -0.380. The molecule has 8 heteroatoms. The molecule has 3 unspecified atom stereocenters. The highest BCUT2D eigenvalue weighted by atomic mass is 32.2. The van der Waals surface area contributed by atoms with Gasteiger partial charge in [-0.05, 0) is 51.8 Å². The first kappa shape index (κ1) is 48.5. The Bertz CT molecular complexity index is 448. The molecule has 0 aromatic rings. The van der Waals surface area contributed by atoms with Crippen LogP contribution >= 0.6 is 12.0 Å². The average Bonchev–Trinajstić information content (AvgIpc) is 2.97. The van der Waals surface area contributed by atoms with Gasteiger partial charge in [0.15, 0.2) is 0 Å². The Kier molecular flexibility index (Phi) is 54.9. The normalized spacial score (nSPS) is 12.4. The van der Waals surface area contributed by atoms with Gasteiger partial charge in [-0.15, -0.1) is 0 Å². The van der Waals surface area contributed by atoms with E-state index in [4.69, 9.17) is 9.29 Å². The molecule has 7 nitrogen and oxygen atoms in total. The molecule has 0 spiro atoms. The van der Waals surface area contributed by atoms with Gasteiger partial charge in [-0.25, -0.2) is 0 Å². The predicted molar refractivity (Wildman–Crippen MR) is 186 cm³/mol. The highest BCUT2D eigenvalue weighted by Gasteiger charge is 2.14. The monoisotopic (exact) mass is 625 g/mol. The summed E-state index contributed by atoms with van der Waals surface area (Å²) < 4.78 is 13.1. The number of unbranched alkanes of at least 4 members (excludes halogenated alkanes) is 16. The second kappa shape index (κ2) is 47.5. The first-order valence-corrected chi connectivity index (χ1v) is 18.6. The van der Waals surface area contributed by atoms with E-state index in [-0.39, 0.29) is 12.2 Å². The number of nitrogens with one attached hydrogen (secondary N) is 2. The summed E-state index contributed by atoms with van der Waals surface area (Å²) in [5.41, 5.74) is 0. The minimum Gasteiger partial charge on any atom is -0.393 e. The number of hydrogen-bond donors (Lipinski definition) is 5. The third-order valence-electron chi connectivity index (χ3n) is 6.87. The van der Waals surface area contributed by atoms with Gasteiger partial charge in [0.05, 0.1) is 12.2 Å². The van der Waals surface area contributed by atoms with Gasteiger partial charge in [-0.2, -0.15) is 0 Å². The third kappa shape index (κ3) is 49.3. The van der Waals surface area contributed by atoms with Crippen LogP contribution in [0.2, 0.25) is 0 Å². The molecule has 0 radical (unpaired) electrons. The number of ether oxygens (including phenoxy) is 1. The average molecular weight is 625 g/mol. The number of amides is 1. The van der Waals surface area contributed by atoms with Gasteiger partial charge in [0.2, 0.25) is 12.8 Å². The molecular weight excluding hydrogens is 548 g/mol. The highest BCUT2D eigenvalue weighted by Crippen LogP contribution is 2.18. The van der Waals surface area contributed by atoms with Crippen molar-refractivity contribution < 1.29 is 24.3 Å². The van der Waals surface area contributed by atoms with Crippen molar-refractivity contribution in [2.75, 3.05) is 20.4 Å². The van der Waals surface area contributed by atoms with E-state index in [1.165, 1.54) is 109 Å². The molecule has 0 aliphatic rings. The van der Waals surface area contributed by atoms with Crippen molar-refractivity contribution in [1.29, 1.82) is 0 Å². The molecule has 1 amide bonds. The van der Waals surface area contributed by atoms with Crippen molar-refractivity contribution in [2.24, 2.45) is 0 Å². The second-order valence-corrected chi connectivity index (χ2v) is 11.3. The van der Waals surface area contributed by atoms with E-state index in [2.05, 4.69) is 24.5 Å². The van der Waals surface area contributed by atoms with Crippen LogP contribution in [0.5, 0.6) is 0 Å². The number of carbonyl (C=O) groups is 1. The van der Waals surface area contributed by atoms with Crippen LogP contribution in [0.1, 0.15) is 175 Å². The van der Waals surface area contributed by atoms with Crippen LogP contribution in [-0.4, -0.2) is 60.1 Å². The van der Waals surface area contributed by atoms with Crippen molar-refractivity contribution >= 4 is 18.5 Å². The molecule has 258 valence electrons. The molecule has 0 saturated carbocycles. The first-order chi connectivity index (χ1) is 20.5. The van der Waals surface area contributed by atoms with Crippen LogP contribution in [0.25, 0.3) is 0 Å². The molecule has 0 heterocycles. The number of aliphatic hydroxyl groups excluding tert-OH is 2. The van der Waals surface area contributed by atoms with E-state index in [9.17, 15) is 15.0 Å². The zero-order valence-electron chi connectivity index (χ0n) is 29.1. The predicted octanol–water partition coefficient (Wildman–Crippen LogP) is 9.45. The van der Waals surface area contributed by atoms with E-state index < -0.39 is 6.41 Å². The molecule has 0 aromatic carbocycles. The van der Waals surface area contributed by atoms with Crippen molar-refractivity contribution in [1.82, 2.24) is 10.6 Å². The lowest BCUT2D eigenvalue weighted by Crippen LogP contribution is -2.34. The van der Waals surface area contributed by atoms with Crippen molar-refractivity contribution in [3.05, 3.63) is 0 Å². The quantitative estimate of drug-likeness (QED) is 0.0255. The lowest BCUT2D eigenvalue weighted by atomic mass is 10.0. The zero-order chi connectivity index (χ0) is 32.5. The molecule has 0 bridgehead atoms. The van der Waals surface area contributed by atoms with E-state index >= 15 is 0 Å².